The highest BCUT2D eigenvalue weighted by Crippen LogP contribution is 2.24. The highest BCUT2D eigenvalue weighted by Gasteiger charge is 2.27. The minimum Gasteiger partial charge on any atom is -0.481 e. The molecule has 2 N–H and O–H groups in total. The van der Waals surface area contributed by atoms with Crippen LogP contribution in [0.3, 0.4) is 0 Å². The highest BCUT2D eigenvalue weighted by molar-refractivity contribution is 7.89. The summed E-state index contributed by atoms with van der Waals surface area (Å²) in [5, 5.41) is 8.79. The van der Waals surface area contributed by atoms with Gasteiger partial charge in [-0.2, -0.15) is 0 Å². The van der Waals surface area contributed by atoms with Crippen LogP contribution in [0.1, 0.15) is 32.1 Å². The van der Waals surface area contributed by atoms with Gasteiger partial charge in [0, 0.05) is 6.04 Å². The number of carbonyl (C=O) groups is 1. The summed E-state index contributed by atoms with van der Waals surface area (Å²) in [5.74, 6) is -1.38. The fourth-order valence-corrected chi connectivity index (χ4v) is 3.37. The Morgan fingerprint density at radius 3 is 2.35 bits per heavy atom. The maximum Gasteiger partial charge on any atom is 0.306 e. The number of nitrogens with one attached hydrogen (secondary N) is 1. The molecule has 0 radical (unpaired) electrons. The molecule has 0 saturated heterocycles. The zero-order valence-electron chi connectivity index (χ0n) is 9.56. The lowest BCUT2D eigenvalue weighted by Crippen LogP contribution is -2.39. The van der Waals surface area contributed by atoms with Crippen LogP contribution in [0.25, 0.3) is 0 Å². The number of hydrogen-bond donors (Lipinski definition) is 2. The monoisotopic (exact) mass is 267 g/mol. The third-order valence-corrected chi connectivity index (χ3v) is 4.49. The van der Waals surface area contributed by atoms with E-state index in [4.69, 9.17) is 5.11 Å². The molecule has 1 rings (SSSR count). The van der Waals surface area contributed by atoms with Crippen LogP contribution in [-0.4, -0.2) is 38.0 Å². The van der Waals surface area contributed by atoms with Crippen molar-refractivity contribution in [2.24, 2.45) is 5.92 Å². The molecule has 17 heavy (non-hydrogen) atoms. The van der Waals surface area contributed by atoms with E-state index in [1.54, 1.807) is 0 Å². The third kappa shape index (κ3) is 4.99. The number of rotatable bonds is 6. The lowest BCUT2D eigenvalue weighted by Gasteiger charge is -2.26. The number of carboxylic acid groups (broad SMARTS) is 1. The van der Waals surface area contributed by atoms with Crippen molar-refractivity contribution in [1.29, 1.82) is 0 Å². The zero-order valence-corrected chi connectivity index (χ0v) is 10.4. The standard InChI is InChI=1S/C10H18FNO4S/c11-6-1-7-17(15,16)12-9-4-2-8(3-5-9)10(13)14/h8-9,12H,1-7H2,(H,13,14). The van der Waals surface area contributed by atoms with Crippen molar-refractivity contribution in [1.82, 2.24) is 4.72 Å². The van der Waals surface area contributed by atoms with Crippen LogP contribution in [0.4, 0.5) is 4.39 Å². The highest BCUT2D eigenvalue weighted by atomic mass is 32.2. The summed E-state index contributed by atoms with van der Waals surface area (Å²) in [5.41, 5.74) is 0. The fraction of sp³-hybridized carbons (Fsp3) is 0.900. The largest absolute Gasteiger partial charge is 0.481 e. The first kappa shape index (κ1) is 14.4. The molecule has 0 spiro atoms. The van der Waals surface area contributed by atoms with Crippen molar-refractivity contribution in [3.8, 4) is 0 Å². The molecule has 1 aliphatic rings. The average Bonchev–Trinajstić information content (AvgIpc) is 2.26. The quantitative estimate of drug-likeness (QED) is 0.749. The van der Waals surface area contributed by atoms with Gasteiger partial charge in [-0.05, 0) is 32.1 Å². The normalized spacial score (nSPS) is 25.7. The van der Waals surface area contributed by atoms with Gasteiger partial charge in [0.2, 0.25) is 10.0 Å². The Morgan fingerprint density at radius 2 is 1.88 bits per heavy atom. The Bertz CT molecular complexity index is 349. The molecule has 0 bridgehead atoms. The Hall–Kier alpha value is -0.690. The van der Waals surface area contributed by atoms with E-state index in [2.05, 4.69) is 4.72 Å². The molecular weight excluding hydrogens is 249 g/mol. The third-order valence-electron chi connectivity index (χ3n) is 2.97. The summed E-state index contributed by atoms with van der Waals surface area (Å²) in [4.78, 5) is 10.7. The van der Waals surface area contributed by atoms with Crippen LogP contribution in [-0.2, 0) is 14.8 Å². The van der Waals surface area contributed by atoms with Gasteiger partial charge in [-0.25, -0.2) is 13.1 Å². The fourth-order valence-electron chi connectivity index (χ4n) is 2.02. The first-order chi connectivity index (χ1) is 7.94. The van der Waals surface area contributed by atoms with Crippen LogP contribution in [0.2, 0.25) is 0 Å². The van der Waals surface area contributed by atoms with E-state index in [9.17, 15) is 17.6 Å². The molecule has 5 nitrogen and oxygen atoms in total. The molecule has 0 aromatic rings. The molecule has 1 saturated carbocycles. The Balaban J connectivity index is 2.37. The maximum absolute atomic E-state index is 11.9. The molecule has 0 amide bonds. The minimum atomic E-state index is -3.42. The van der Waals surface area contributed by atoms with E-state index in [0.29, 0.717) is 25.7 Å². The van der Waals surface area contributed by atoms with Crippen LogP contribution < -0.4 is 4.72 Å². The van der Waals surface area contributed by atoms with Crippen molar-refractivity contribution in [3.05, 3.63) is 0 Å². The minimum absolute atomic E-state index is 0.000194. The van der Waals surface area contributed by atoms with Gasteiger partial charge in [0.25, 0.3) is 0 Å². The van der Waals surface area contributed by atoms with Crippen LogP contribution in [0.5, 0.6) is 0 Å². The smallest absolute Gasteiger partial charge is 0.306 e. The molecule has 0 aromatic heterocycles. The van der Waals surface area contributed by atoms with Crippen molar-refractivity contribution >= 4 is 16.0 Å². The number of sulfonamides is 1. The van der Waals surface area contributed by atoms with Gasteiger partial charge in [-0.3, -0.25) is 9.18 Å². The maximum atomic E-state index is 11.9. The van der Waals surface area contributed by atoms with Gasteiger partial charge in [0.15, 0.2) is 0 Å². The molecule has 1 fully saturated rings. The van der Waals surface area contributed by atoms with Crippen molar-refractivity contribution in [2.75, 3.05) is 12.4 Å². The van der Waals surface area contributed by atoms with E-state index >= 15 is 0 Å². The molecular formula is C10H18FNO4S. The predicted octanol–water partition coefficient (Wildman–Crippen LogP) is 0.909. The molecule has 0 atom stereocenters. The molecule has 100 valence electrons. The molecule has 0 aromatic carbocycles. The molecule has 7 heteroatoms. The van der Waals surface area contributed by atoms with Crippen LogP contribution in [0.15, 0.2) is 0 Å². The van der Waals surface area contributed by atoms with E-state index in [-0.39, 0.29) is 24.1 Å². The van der Waals surface area contributed by atoms with E-state index in [1.807, 2.05) is 0 Å². The Morgan fingerprint density at radius 1 is 1.29 bits per heavy atom. The molecule has 0 heterocycles. The number of halogens is 1. The summed E-state index contributed by atoms with van der Waals surface area (Å²) in [7, 11) is -3.42. The number of hydrogen-bond acceptors (Lipinski definition) is 3. The Kier molecular flexibility index (Phi) is 5.32. The van der Waals surface area contributed by atoms with Gasteiger partial charge in [-0.15, -0.1) is 0 Å². The van der Waals surface area contributed by atoms with Crippen molar-refractivity contribution in [3.63, 3.8) is 0 Å². The first-order valence-corrected chi connectivity index (χ1v) is 7.38. The van der Waals surface area contributed by atoms with Crippen molar-refractivity contribution < 1.29 is 22.7 Å². The summed E-state index contributed by atoms with van der Waals surface area (Å²) < 4.78 is 37.3. The van der Waals surface area contributed by atoms with Crippen LogP contribution >= 0.6 is 0 Å². The summed E-state index contributed by atoms with van der Waals surface area (Å²) in [6, 6.07) is -0.199. The van der Waals surface area contributed by atoms with Gasteiger partial charge in [0.1, 0.15) is 0 Å². The topological polar surface area (TPSA) is 83.5 Å². The number of carboxylic acids is 1. The predicted molar refractivity (Wildman–Crippen MR) is 60.9 cm³/mol. The summed E-state index contributed by atoms with van der Waals surface area (Å²) >= 11 is 0. The first-order valence-electron chi connectivity index (χ1n) is 5.73. The Labute approximate surface area is 100 Å². The second-order valence-corrected chi connectivity index (χ2v) is 6.24. The second kappa shape index (κ2) is 6.30. The SMILES string of the molecule is O=C(O)C1CCC(NS(=O)(=O)CCCF)CC1. The lowest BCUT2D eigenvalue weighted by atomic mass is 9.87. The summed E-state index contributed by atoms with van der Waals surface area (Å²) in [6.45, 7) is -0.646. The second-order valence-electron chi connectivity index (χ2n) is 4.37. The molecule has 0 unspecified atom stereocenters. The molecule has 1 aliphatic carbocycles. The van der Waals surface area contributed by atoms with E-state index in [1.165, 1.54) is 0 Å². The zero-order chi connectivity index (χ0) is 12.9. The van der Waals surface area contributed by atoms with Gasteiger partial charge in [0.05, 0.1) is 18.3 Å². The van der Waals surface area contributed by atoms with Gasteiger partial charge < -0.3 is 5.11 Å². The van der Waals surface area contributed by atoms with E-state index in [0.717, 1.165) is 0 Å². The van der Waals surface area contributed by atoms with Crippen LogP contribution in [0, 0.1) is 5.92 Å². The lowest BCUT2D eigenvalue weighted by molar-refractivity contribution is -0.142. The number of alkyl halides is 1. The summed E-state index contributed by atoms with van der Waals surface area (Å²) in [6.07, 6.45) is 2.05. The van der Waals surface area contributed by atoms with E-state index < -0.39 is 22.7 Å². The van der Waals surface area contributed by atoms with Crippen molar-refractivity contribution in [2.45, 2.75) is 38.1 Å². The van der Waals surface area contributed by atoms with Gasteiger partial charge in [-0.1, -0.05) is 0 Å². The average molecular weight is 267 g/mol. The molecule has 0 aliphatic heterocycles. The van der Waals surface area contributed by atoms with Gasteiger partial charge >= 0.3 is 5.97 Å². The number of aliphatic carboxylic acids is 1.